The number of likely N-dealkylation sites (tertiary alicyclic amines) is 1. The molecule has 2 heterocycles. The van der Waals surface area contributed by atoms with E-state index in [0.717, 1.165) is 12.8 Å². The van der Waals surface area contributed by atoms with E-state index in [1.54, 1.807) is 4.90 Å². The number of hydrogen-bond donors (Lipinski definition) is 1. The molecular weight excluding hydrogens is 332 g/mol. The van der Waals surface area contributed by atoms with Crippen molar-refractivity contribution in [2.24, 2.45) is 17.3 Å². The molecule has 136 valence electrons. The molecule has 1 N–H and O–H groups in total. The molecule has 0 radical (unpaired) electrons. The van der Waals surface area contributed by atoms with Crippen molar-refractivity contribution in [3.05, 3.63) is 0 Å². The van der Waals surface area contributed by atoms with Gasteiger partial charge in [0.25, 0.3) is 0 Å². The van der Waals surface area contributed by atoms with E-state index in [4.69, 9.17) is 0 Å². The van der Waals surface area contributed by atoms with Crippen LogP contribution in [0.3, 0.4) is 0 Å². The van der Waals surface area contributed by atoms with Crippen LogP contribution in [0, 0.1) is 17.3 Å². The van der Waals surface area contributed by atoms with Gasteiger partial charge in [-0.15, -0.1) is 0 Å². The summed E-state index contributed by atoms with van der Waals surface area (Å²) in [5.41, 5.74) is -0.832. The molecule has 3 fully saturated rings. The van der Waals surface area contributed by atoms with Crippen LogP contribution in [-0.2, 0) is 19.6 Å². The number of amides is 1. The number of carboxylic acid groups (broad SMARTS) is 1. The smallest absolute Gasteiger partial charge is 0.311 e. The quantitative estimate of drug-likeness (QED) is 0.800. The maximum atomic E-state index is 13.1. The highest BCUT2D eigenvalue weighted by atomic mass is 32.2. The number of carbonyl (C=O) groups excluding carboxylic acids is 1. The SMILES string of the molecule is CC(C)C(C(=O)N1C[C@@H]2CCC[C@@]2(C(=O)O)C1)N1CCCS1(=O)=O. The van der Waals surface area contributed by atoms with Gasteiger partial charge in [-0.05, 0) is 31.1 Å². The Bertz CT molecular complexity index is 647. The number of carbonyl (C=O) groups is 2. The van der Waals surface area contributed by atoms with E-state index in [1.807, 2.05) is 13.8 Å². The summed E-state index contributed by atoms with van der Waals surface area (Å²) in [6.45, 7) is 4.71. The second-order valence-electron chi connectivity index (χ2n) is 7.74. The summed E-state index contributed by atoms with van der Waals surface area (Å²) in [6.07, 6.45) is 2.85. The molecule has 1 unspecified atom stereocenters. The largest absolute Gasteiger partial charge is 0.481 e. The molecule has 7 nitrogen and oxygen atoms in total. The molecule has 1 aliphatic carbocycles. The molecule has 1 amide bonds. The first-order chi connectivity index (χ1) is 11.2. The topological polar surface area (TPSA) is 95.0 Å². The number of nitrogens with zero attached hydrogens (tertiary/aromatic N) is 2. The third-order valence-electron chi connectivity index (χ3n) is 5.94. The molecule has 0 aromatic rings. The molecule has 3 aliphatic rings. The zero-order valence-electron chi connectivity index (χ0n) is 14.3. The fourth-order valence-electron chi connectivity index (χ4n) is 4.71. The molecule has 0 aromatic heterocycles. The van der Waals surface area contributed by atoms with E-state index >= 15 is 0 Å². The normalized spacial score (nSPS) is 33.8. The summed E-state index contributed by atoms with van der Waals surface area (Å²) >= 11 is 0. The average Bonchev–Trinajstić information content (AvgIpc) is 3.11. The standard InChI is InChI=1S/C16H26N2O5S/c1-11(2)13(18-7-4-8-24(18,22)23)14(19)17-9-12-5-3-6-16(12,10-17)15(20)21/h11-13H,3-10H2,1-2H3,(H,20,21)/t12-,13?,16+/m0/s1. The molecule has 2 aliphatic heterocycles. The molecule has 8 heteroatoms. The number of fused-ring (bicyclic) bond motifs is 1. The molecule has 0 spiro atoms. The van der Waals surface area contributed by atoms with Gasteiger partial charge in [-0.1, -0.05) is 20.3 Å². The van der Waals surface area contributed by atoms with E-state index in [0.29, 0.717) is 25.9 Å². The van der Waals surface area contributed by atoms with Gasteiger partial charge in [-0.2, -0.15) is 4.31 Å². The Morgan fingerprint density at radius 2 is 1.96 bits per heavy atom. The number of aliphatic carboxylic acids is 1. The maximum Gasteiger partial charge on any atom is 0.311 e. The minimum atomic E-state index is -3.39. The summed E-state index contributed by atoms with van der Waals surface area (Å²) in [7, 11) is -3.39. The number of rotatable bonds is 4. The van der Waals surface area contributed by atoms with Gasteiger partial charge < -0.3 is 10.0 Å². The zero-order chi connectivity index (χ0) is 17.7. The van der Waals surface area contributed by atoms with Crippen molar-refractivity contribution in [2.75, 3.05) is 25.4 Å². The lowest BCUT2D eigenvalue weighted by molar-refractivity contribution is -0.149. The lowest BCUT2D eigenvalue weighted by Crippen LogP contribution is -2.52. The van der Waals surface area contributed by atoms with Crippen LogP contribution in [0.25, 0.3) is 0 Å². The van der Waals surface area contributed by atoms with Crippen LogP contribution in [0.1, 0.15) is 39.5 Å². The van der Waals surface area contributed by atoms with Crippen molar-refractivity contribution >= 4 is 21.9 Å². The molecule has 0 bridgehead atoms. The first-order valence-electron chi connectivity index (χ1n) is 8.71. The Kier molecular flexibility index (Phi) is 4.40. The lowest BCUT2D eigenvalue weighted by atomic mass is 9.81. The minimum Gasteiger partial charge on any atom is -0.481 e. The van der Waals surface area contributed by atoms with E-state index in [-0.39, 0.29) is 30.0 Å². The maximum absolute atomic E-state index is 13.1. The Hall–Kier alpha value is -1.15. The minimum absolute atomic E-state index is 0.0121. The Balaban J connectivity index is 1.84. The Labute approximate surface area is 143 Å². The summed E-state index contributed by atoms with van der Waals surface area (Å²) in [6, 6.07) is -0.720. The highest BCUT2D eigenvalue weighted by Gasteiger charge is 2.57. The summed E-state index contributed by atoms with van der Waals surface area (Å²) in [5, 5.41) is 9.67. The summed E-state index contributed by atoms with van der Waals surface area (Å²) in [5.74, 6) is -1.13. The summed E-state index contributed by atoms with van der Waals surface area (Å²) in [4.78, 5) is 26.5. The number of carboxylic acids is 1. The second-order valence-corrected chi connectivity index (χ2v) is 9.78. The number of hydrogen-bond acceptors (Lipinski definition) is 4. The van der Waals surface area contributed by atoms with Crippen LogP contribution >= 0.6 is 0 Å². The van der Waals surface area contributed by atoms with Crippen molar-refractivity contribution in [1.82, 2.24) is 9.21 Å². The van der Waals surface area contributed by atoms with Crippen molar-refractivity contribution in [3.63, 3.8) is 0 Å². The highest BCUT2D eigenvalue weighted by molar-refractivity contribution is 7.89. The van der Waals surface area contributed by atoms with Crippen molar-refractivity contribution in [1.29, 1.82) is 0 Å². The van der Waals surface area contributed by atoms with Crippen molar-refractivity contribution < 1.29 is 23.1 Å². The molecule has 0 aromatic carbocycles. The van der Waals surface area contributed by atoms with Gasteiger partial charge in [-0.3, -0.25) is 9.59 Å². The van der Waals surface area contributed by atoms with E-state index in [9.17, 15) is 23.1 Å². The molecular formula is C16H26N2O5S. The van der Waals surface area contributed by atoms with Crippen molar-refractivity contribution in [3.8, 4) is 0 Å². The first-order valence-corrected chi connectivity index (χ1v) is 10.3. The van der Waals surface area contributed by atoms with Gasteiger partial charge in [-0.25, -0.2) is 8.42 Å². The monoisotopic (exact) mass is 358 g/mol. The van der Waals surface area contributed by atoms with Gasteiger partial charge in [0.15, 0.2) is 0 Å². The predicted molar refractivity (Wildman–Crippen MR) is 87.7 cm³/mol. The lowest BCUT2D eigenvalue weighted by Gasteiger charge is -2.32. The fraction of sp³-hybridized carbons (Fsp3) is 0.875. The van der Waals surface area contributed by atoms with Crippen LogP contribution in [-0.4, -0.2) is 66.0 Å². The number of sulfonamides is 1. The van der Waals surface area contributed by atoms with Gasteiger partial charge in [0.05, 0.1) is 11.2 Å². The van der Waals surface area contributed by atoms with Gasteiger partial charge in [0.1, 0.15) is 6.04 Å². The van der Waals surface area contributed by atoms with Crippen LogP contribution in [0.15, 0.2) is 0 Å². The first kappa shape index (κ1) is 17.7. The van der Waals surface area contributed by atoms with Gasteiger partial charge >= 0.3 is 5.97 Å². The van der Waals surface area contributed by atoms with Gasteiger partial charge in [0.2, 0.25) is 15.9 Å². The van der Waals surface area contributed by atoms with E-state index < -0.39 is 27.4 Å². The Morgan fingerprint density at radius 1 is 1.25 bits per heavy atom. The summed E-state index contributed by atoms with van der Waals surface area (Å²) < 4.78 is 25.8. The van der Waals surface area contributed by atoms with Crippen LogP contribution in [0.4, 0.5) is 0 Å². The van der Waals surface area contributed by atoms with E-state index in [1.165, 1.54) is 4.31 Å². The van der Waals surface area contributed by atoms with Crippen LogP contribution in [0.2, 0.25) is 0 Å². The molecule has 1 saturated carbocycles. The van der Waals surface area contributed by atoms with Crippen LogP contribution in [0.5, 0.6) is 0 Å². The highest BCUT2D eigenvalue weighted by Crippen LogP contribution is 2.49. The molecule has 24 heavy (non-hydrogen) atoms. The Morgan fingerprint density at radius 3 is 2.46 bits per heavy atom. The average molecular weight is 358 g/mol. The third-order valence-corrected chi connectivity index (χ3v) is 7.87. The molecule has 3 rings (SSSR count). The predicted octanol–water partition coefficient (Wildman–Crippen LogP) is 0.760. The van der Waals surface area contributed by atoms with E-state index in [2.05, 4.69) is 0 Å². The van der Waals surface area contributed by atoms with Crippen molar-refractivity contribution in [2.45, 2.75) is 45.6 Å². The van der Waals surface area contributed by atoms with Gasteiger partial charge in [0, 0.05) is 19.6 Å². The fourth-order valence-corrected chi connectivity index (χ4v) is 6.52. The third kappa shape index (κ3) is 2.63. The zero-order valence-corrected chi connectivity index (χ0v) is 15.1. The second kappa shape index (κ2) is 5.98. The molecule has 2 saturated heterocycles. The van der Waals surface area contributed by atoms with Crippen LogP contribution < -0.4 is 0 Å². The molecule has 3 atom stereocenters.